The summed E-state index contributed by atoms with van der Waals surface area (Å²) in [5, 5.41) is 16.1. The summed E-state index contributed by atoms with van der Waals surface area (Å²) < 4.78 is 1.67. The molecule has 0 atom stereocenters. The van der Waals surface area contributed by atoms with Gasteiger partial charge in [0.1, 0.15) is 0 Å². The standard InChI is InChI=1S/C18H16N4O4S2/c1-2-16(23)20-12-5-8-14-15(9-12)28-18(21-14)27-10-17(24)19-11-3-6-13(7-4-11)22(25)26/h3-9H,2,10H2,1H3,(H,19,24)(H,20,23). The maximum absolute atomic E-state index is 12.1. The van der Waals surface area contributed by atoms with Crippen molar-refractivity contribution in [1.29, 1.82) is 0 Å². The summed E-state index contributed by atoms with van der Waals surface area (Å²) in [7, 11) is 0. The van der Waals surface area contributed by atoms with Gasteiger partial charge in [0.15, 0.2) is 4.34 Å². The van der Waals surface area contributed by atoms with Gasteiger partial charge < -0.3 is 10.6 Å². The van der Waals surface area contributed by atoms with Crippen molar-refractivity contribution in [1.82, 2.24) is 4.98 Å². The number of thiazole rings is 1. The third-order valence-electron chi connectivity index (χ3n) is 3.66. The van der Waals surface area contributed by atoms with E-state index >= 15 is 0 Å². The first kappa shape index (κ1) is 19.8. The molecule has 0 aliphatic carbocycles. The highest BCUT2D eigenvalue weighted by atomic mass is 32.2. The van der Waals surface area contributed by atoms with Crippen molar-refractivity contribution in [3.05, 3.63) is 52.6 Å². The van der Waals surface area contributed by atoms with Crippen molar-refractivity contribution in [2.45, 2.75) is 17.7 Å². The largest absolute Gasteiger partial charge is 0.326 e. The van der Waals surface area contributed by atoms with E-state index in [1.54, 1.807) is 13.0 Å². The van der Waals surface area contributed by atoms with Crippen molar-refractivity contribution in [2.75, 3.05) is 16.4 Å². The van der Waals surface area contributed by atoms with E-state index in [4.69, 9.17) is 0 Å². The number of hydrogen-bond donors (Lipinski definition) is 2. The number of nitrogens with one attached hydrogen (secondary N) is 2. The lowest BCUT2D eigenvalue weighted by Gasteiger charge is -2.03. The molecule has 0 saturated heterocycles. The second-order valence-electron chi connectivity index (χ2n) is 5.70. The molecule has 2 N–H and O–H groups in total. The van der Waals surface area contributed by atoms with E-state index in [9.17, 15) is 19.7 Å². The van der Waals surface area contributed by atoms with Crippen LogP contribution in [0.1, 0.15) is 13.3 Å². The van der Waals surface area contributed by atoms with Crippen LogP contribution in [0.15, 0.2) is 46.8 Å². The molecule has 1 heterocycles. The Morgan fingerprint density at radius 2 is 1.79 bits per heavy atom. The van der Waals surface area contributed by atoms with E-state index in [-0.39, 0.29) is 23.3 Å². The molecule has 0 saturated carbocycles. The van der Waals surface area contributed by atoms with E-state index in [2.05, 4.69) is 15.6 Å². The number of amides is 2. The van der Waals surface area contributed by atoms with Crippen molar-refractivity contribution in [2.24, 2.45) is 0 Å². The van der Waals surface area contributed by atoms with E-state index in [1.807, 2.05) is 12.1 Å². The highest BCUT2D eigenvalue weighted by Gasteiger charge is 2.10. The number of nitro benzene ring substituents is 1. The van der Waals surface area contributed by atoms with E-state index in [1.165, 1.54) is 47.4 Å². The second-order valence-corrected chi connectivity index (χ2v) is 7.96. The highest BCUT2D eigenvalue weighted by Crippen LogP contribution is 2.31. The highest BCUT2D eigenvalue weighted by molar-refractivity contribution is 8.01. The van der Waals surface area contributed by atoms with Crippen LogP contribution < -0.4 is 10.6 Å². The smallest absolute Gasteiger partial charge is 0.269 e. The first-order valence-electron chi connectivity index (χ1n) is 8.32. The fraction of sp³-hybridized carbons (Fsp3) is 0.167. The molecule has 28 heavy (non-hydrogen) atoms. The lowest BCUT2D eigenvalue weighted by molar-refractivity contribution is -0.384. The molecule has 2 aromatic carbocycles. The van der Waals surface area contributed by atoms with Crippen LogP contribution in [0.3, 0.4) is 0 Å². The Balaban J connectivity index is 1.58. The number of benzene rings is 2. The average Bonchev–Trinajstić information content (AvgIpc) is 3.09. The number of rotatable bonds is 7. The third kappa shape index (κ3) is 5.05. The van der Waals surface area contributed by atoms with Crippen molar-refractivity contribution in [3.8, 4) is 0 Å². The van der Waals surface area contributed by atoms with Crippen LogP contribution >= 0.6 is 23.1 Å². The molecule has 8 nitrogen and oxygen atoms in total. The van der Waals surface area contributed by atoms with Crippen molar-refractivity contribution < 1.29 is 14.5 Å². The van der Waals surface area contributed by atoms with Gasteiger partial charge in [0.05, 0.1) is 20.9 Å². The maximum Gasteiger partial charge on any atom is 0.269 e. The van der Waals surface area contributed by atoms with Crippen LogP contribution in [0.4, 0.5) is 17.1 Å². The molecule has 3 rings (SSSR count). The topological polar surface area (TPSA) is 114 Å². The van der Waals surface area contributed by atoms with Crippen molar-refractivity contribution >= 4 is 62.2 Å². The minimum atomic E-state index is -0.492. The molecule has 0 aliphatic rings. The van der Waals surface area contributed by atoms with Gasteiger partial charge in [-0.1, -0.05) is 18.7 Å². The Hall–Kier alpha value is -2.98. The van der Waals surface area contributed by atoms with Crippen LogP contribution in [0, 0.1) is 10.1 Å². The number of hydrogen-bond acceptors (Lipinski definition) is 7. The molecule has 144 valence electrons. The summed E-state index contributed by atoms with van der Waals surface area (Å²) in [5.74, 6) is -0.119. The summed E-state index contributed by atoms with van der Waals surface area (Å²) in [4.78, 5) is 38.2. The lowest BCUT2D eigenvalue weighted by atomic mass is 10.3. The Kier molecular flexibility index (Phi) is 6.22. The number of aromatic nitrogens is 1. The first-order chi connectivity index (χ1) is 13.4. The van der Waals surface area contributed by atoms with Crippen LogP contribution in [0.2, 0.25) is 0 Å². The van der Waals surface area contributed by atoms with Gasteiger partial charge in [-0.15, -0.1) is 11.3 Å². The molecule has 1 aromatic heterocycles. The first-order valence-corrected chi connectivity index (χ1v) is 10.1. The molecule has 10 heteroatoms. The molecule has 2 amide bonds. The fourth-order valence-electron chi connectivity index (χ4n) is 2.28. The second kappa shape index (κ2) is 8.81. The summed E-state index contributed by atoms with van der Waals surface area (Å²) >= 11 is 2.75. The monoisotopic (exact) mass is 416 g/mol. The van der Waals surface area contributed by atoms with Gasteiger partial charge in [-0.2, -0.15) is 0 Å². The number of carbonyl (C=O) groups is 2. The van der Waals surface area contributed by atoms with Gasteiger partial charge in [0.25, 0.3) is 5.69 Å². The number of non-ortho nitro benzene ring substituents is 1. The molecule has 0 aliphatic heterocycles. The summed E-state index contributed by atoms with van der Waals surface area (Å²) in [6.07, 6.45) is 0.408. The fourth-order valence-corrected chi connectivity index (χ4v) is 4.19. The SMILES string of the molecule is CCC(=O)Nc1ccc2nc(SCC(=O)Nc3ccc([N+](=O)[O-])cc3)sc2c1. The quantitative estimate of drug-likeness (QED) is 0.337. The zero-order chi connectivity index (χ0) is 20.1. The van der Waals surface area contributed by atoms with Crippen LogP contribution in [-0.4, -0.2) is 27.5 Å². The van der Waals surface area contributed by atoms with Gasteiger partial charge in [-0.3, -0.25) is 19.7 Å². The minimum absolute atomic E-state index is 0.0312. The Morgan fingerprint density at radius 1 is 1.11 bits per heavy atom. The van der Waals surface area contributed by atoms with Crippen molar-refractivity contribution in [3.63, 3.8) is 0 Å². The molecule has 0 spiro atoms. The van der Waals surface area contributed by atoms with Gasteiger partial charge >= 0.3 is 0 Å². The van der Waals surface area contributed by atoms with E-state index in [0.717, 1.165) is 20.2 Å². The Labute approximate surface area is 168 Å². The minimum Gasteiger partial charge on any atom is -0.326 e. The molecule has 0 unspecified atom stereocenters. The zero-order valence-electron chi connectivity index (χ0n) is 14.8. The molecule has 3 aromatic rings. The number of carbonyl (C=O) groups excluding carboxylic acids is 2. The normalized spacial score (nSPS) is 10.6. The number of nitro groups is 1. The predicted octanol–water partition coefficient (Wildman–Crippen LogP) is 4.28. The third-order valence-corrected chi connectivity index (χ3v) is 5.82. The Bertz CT molecular complexity index is 1030. The zero-order valence-corrected chi connectivity index (χ0v) is 16.4. The molecule has 0 fully saturated rings. The van der Waals surface area contributed by atoms with E-state index in [0.29, 0.717) is 12.1 Å². The number of fused-ring (bicyclic) bond motifs is 1. The van der Waals surface area contributed by atoms with Crippen LogP contribution in [-0.2, 0) is 9.59 Å². The van der Waals surface area contributed by atoms with Gasteiger partial charge in [-0.05, 0) is 30.3 Å². The maximum atomic E-state index is 12.1. The predicted molar refractivity (Wildman–Crippen MR) is 111 cm³/mol. The number of thioether (sulfide) groups is 1. The average molecular weight is 416 g/mol. The van der Waals surface area contributed by atoms with Crippen LogP contribution in [0.25, 0.3) is 10.2 Å². The molecular weight excluding hydrogens is 400 g/mol. The molecule has 0 radical (unpaired) electrons. The molecule has 0 bridgehead atoms. The van der Waals surface area contributed by atoms with Gasteiger partial charge in [-0.25, -0.2) is 4.98 Å². The summed E-state index contributed by atoms with van der Waals surface area (Å²) in [6.45, 7) is 1.79. The van der Waals surface area contributed by atoms with Gasteiger partial charge in [0, 0.05) is 29.9 Å². The number of anilines is 2. The summed E-state index contributed by atoms with van der Waals surface area (Å²) in [5.41, 5.74) is 1.99. The molecular formula is C18H16N4O4S2. The van der Waals surface area contributed by atoms with Gasteiger partial charge in [0.2, 0.25) is 11.8 Å². The number of nitrogens with zero attached hydrogens (tertiary/aromatic N) is 2. The Morgan fingerprint density at radius 3 is 2.46 bits per heavy atom. The van der Waals surface area contributed by atoms with E-state index < -0.39 is 4.92 Å². The lowest BCUT2D eigenvalue weighted by Crippen LogP contribution is -2.13. The van der Waals surface area contributed by atoms with Crippen LogP contribution in [0.5, 0.6) is 0 Å². The summed E-state index contributed by atoms with van der Waals surface area (Å²) in [6, 6.07) is 11.1.